The van der Waals surface area contributed by atoms with Gasteiger partial charge in [0.25, 0.3) is 5.91 Å². The third kappa shape index (κ3) is 3.38. The largest absolute Gasteiger partial charge is 0.496 e. The van der Waals surface area contributed by atoms with E-state index in [2.05, 4.69) is 0 Å². The first-order valence-electron chi connectivity index (χ1n) is 8.09. The van der Waals surface area contributed by atoms with Crippen LogP contribution < -0.4 is 14.4 Å². The van der Waals surface area contributed by atoms with E-state index in [0.717, 1.165) is 25.4 Å². The van der Waals surface area contributed by atoms with Gasteiger partial charge < -0.3 is 23.7 Å². The van der Waals surface area contributed by atoms with E-state index in [9.17, 15) is 4.79 Å². The minimum atomic E-state index is -0.0404. The summed E-state index contributed by atoms with van der Waals surface area (Å²) in [6.07, 6.45) is 1.70. The van der Waals surface area contributed by atoms with Crippen LogP contribution in [0.4, 0.5) is 0 Å². The summed E-state index contributed by atoms with van der Waals surface area (Å²) in [4.78, 5) is 16.2. The summed E-state index contributed by atoms with van der Waals surface area (Å²) < 4.78 is 16.1. The van der Waals surface area contributed by atoms with Crippen molar-refractivity contribution in [3.63, 3.8) is 0 Å². The summed E-state index contributed by atoms with van der Waals surface area (Å²) in [5.41, 5.74) is 0.497. The van der Waals surface area contributed by atoms with E-state index in [-0.39, 0.29) is 5.91 Å². The molecule has 0 bridgehead atoms. The summed E-state index contributed by atoms with van der Waals surface area (Å²) in [5, 5.41) is 0. The Balaban J connectivity index is 1.67. The van der Waals surface area contributed by atoms with E-state index in [1.165, 1.54) is 4.90 Å². The fourth-order valence-corrected chi connectivity index (χ4v) is 3.08. The SMILES string of the molecule is COc1cccc(OC)c1C(=O)N1CC[NH+](Cc2ccco2)CC1. The Kier molecular flexibility index (Phi) is 5.05. The molecule has 2 heterocycles. The van der Waals surface area contributed by atoms with Crippen molar-refractivity contribution < 1.29 is 23.6 Å². The van der Waals surface area contributed by atoms with Gasteiger partial charge in [-0.15, -0.1) is 0 Å². The van der Waals surface area contributed by atoms with Crippen molar-refractivity contribution in [1.82, 2.24) is 4.90 Å². The minimum absolute atomic E-state index is 0.0404. The van der Waals surface area contributed by atoms with Gasteiger partial charge in [0, 0.05) is 0 Å². The zero-order chi connectivity index (χ0) is 16.9. The first-order chi connectivity index (χ1) is 11.7. The molecule has 1 aromatic carbocycles. The molecule has 1 N–H and O–H groups in total. The number of quaternary nitrogens is 1. The number of piperazine rings is 1. The Bertz CT molecular complexity index is 654. The summed E-state index contributed by atoms with van der Waals surface area (Å²) in [5.74, 6) is 2.03. The van der Waals surface area contributed by atoms with E-state index in [0.29, 0.717) is 30.2 Å². The third-order valence-electron chi connectivity index (χ3n) is 4.40. The normalized spacial score (nSPS) is 15.3. The molecule has 1 amide bonds. The zero-order valence-corrected chi connectivity index (χ0v) is 14.1. The minimum Gasteiger partial charge on any atom is -0.496 e. The third-order valence-corrected chi connectivity index (χ3v) is 4.40. The van der Waals surface area contributed by atoms with Crippen molar-refractivity contribution in [1.29, 1.82) is 0 Å². The van der Waals surface area contributed by atoms with Crippen LogP contribution in [0, 0.1) is 0 Å². The first-order valence-corrected chi connectivity index (χ1v) is 8.09. The molecule has 6 heteroatoms. The highest BCUT2D eigenvalue weighted by Gasteiger charge is 2.28. The quantitative estimate of drug-likeness (QED) is 0.882. The van der Waals surface area contributed by atoms with E-state index in [1.54, 1.807) is 32.6 Å². The van der Waals surface area contributed by atoms with Gasteiger partial charge in [0.05, 0.1) is 46.7 Å². The standard InChI is InChI=1S/C18H22N2O4/c1-22-15-6-3-7-16(23-2)17(15)18(21)20-10-8-19(9-11-20)13-14-5-4-12-24-14/h3-7,12H,8-11,13H2,1-2H3/p+1. The van der Waals surface area contributed by atoms with Crippen molar-refractivity contribution in [2.45, 2.75) is 6.54 Å². The number of methoxy groups -OCH3 is 2. The molecule has 2 aromatic rings. The number of ether oxygens (including phenoxy) is 2. The fraction of sp³-hybridized carbons (Fsp3) is 0.389. The number of hydrogen-bond donors (Lipinski definition) is 1. The smallest absolute Gasteiger partial charge is 0.261 e. The Labute approximate surface area is 141 Å². The second kappa shape index (κ2) is 7.40. The number of carbonyl (C=O) groups excluding carboxylic acids is 1. The lowest BCUT2D eigenvalue weighted by Crippen LogP contribution is -3.13. The average molecular weight is 331 g/mol. The maximum atomic E-state index is 12.9. The average Bonchev–Trinajstić information content (AvgIpc) is 3.14. The number of benzene rings is 1. The van der Waals surface area contributed by atoms with Crippen molar-refractivity contribution in [2.75, 3.05) is 40.4 Å². The molecule has 24 heavy (non-hydrogen) atoms. The van der Waals surface area contributed by atoms with E-state index in [4.69, 9.17) is 13.9 Å². The molecule has 6 nitrogen and oxygen atoms in total. The lowest BCUT2D eigenvalue weighted by molar-refractivity contribution is -0.918. The van der Waals surface area contributed by atoms with Crippen LogP contribution in [0.3, 0.4) is 0 Å². The highest BCUT2D eigenvalue weighted by atomic mass is 16.5. The molecular weight excluding hydrogens is 308 g/mol. The Morgan fingerprint density at radius 3 is 2.33 bits per heavy atom. The number of nitrogens with zero attached hydrogens (tertiary/aromatic N) is 1. The summed E-state index contributed by atoms with van der Waals surface area (Å²) >= 11 is 0. The predicted molar refractivity (Wildman–Crippen MR) is 88.6 cm³/mol. The number of amides is 1. The molecule has 0 spiro atoms. The van der Waals surface area contributed by atoms with Crippen LogP contribution in [0.5, 0.6) is 11.5 Å². The molecule has 0 atom stereocenters. The summed E-state index contributed by atoms with van der Waals surface area (Å²) in [7, 11) is 3.13. The second-order valence-corrected chi connectivity index (χ2v) is 5.84. The van der Waals surface area contributed by atoms with Crippen LogP contribution in [0.2, 0.25) is 0 Å². The summed E-state index contributed by atoms with van der Waals surface area (Å²) in [6.45, 7) is 4.05. The van der Waals surface area contributed by atoms with Gasteiger partial charge in [-0.3, -0.25) is 4.79 Å². The highest BCUT2D eigenvalue weighted by molar-refractivity contribution is 5.99. The molecule has 1 aromatic heterocycles. The lowest BCUT2D eigenvalue weighted by atomic mass is 10.1. The number of nitrogens with one attached hydrogen (secondary N) is 1. The van der Waals surface area contributed by atoms with Crippen LogP contribution >= 0.6 is 0 Å². The summed E-state index contributed by atoms with van der Waals surface area (Å²) in [6, 6.07) is 9.29. The van der Waals surface area contributed by atoms with Gasteiger partial charge in [-0.1, -0.05) is 6.07 Å². The van der Waals surface area contributed by atoms with Crippen LogP contribution in [0.25, 0.3) is 0 Å². The predicted octanol–water partition coefficient (Wildman–Crippen LogP) is 0.838. The Morgan fingerprint density at radius 1 is 1.12 bits per heavy atom. The van der Waals surface area contributed by atoms with E-state index >= 15 is 0 Å². The van der Waals surface area contributed by atoms with Crippen LogP contribution in [-0.2, 0) is 6.54 Å². The van der Waals surface area contributed by atoms with Crippen LogP contribution in [-0.4, -0.2) is 51.2 Å². The first kappa shape index (κ1) is 16.4. The second-order valence-electron chi connectivity index (χ2n) is 5.84. The Hall–Kier alpha value is -2.47. The van der Waals surface area contributed by atoms with Gasteiger partial charge in [0.2, 0.25) is 0 Å². The van der Waals surface area contributed by atoms with Gasteiger partial charge in [-0.05, 0) is 24.3 Å². The van der Waals surface area contributed by atoms with Crippen molar-refractivity contribution >= 4 is 5.91 Å². The monoisotopic (exact) mass is 331 g/mol. The van der Waals surface area contributed by atoms with Crippen LogP contribution in [0.1, 0.15) is 16.1 Å². The molecule has 0 radical (unpaired) electrons. The van der Waals surface area contributed by atoms with Crippen LogP contribution in [0.15, 0.2) is 41.0 Å². The molecular formula is C18H23N2O4+. The van der Waals surface area contributed by atoms with E-state index in [1.807, 2.05) is 23.1 Å². The molecule has 1 aliphatic rings. The molecule has 0 aliphatic carbocycles. The molecule has 1 aliphatic heterocycles. The van der Waals surface area contributed by atoms with Crippen molar-refractivity contribution in [2.24, 2.45) is 0 Å². The molecule has 0 unspecified atom stereocenters. The topological polar surface area (TPSA) is 56.4 Å². The number of carbonyl (C=O) groups is 1. The van der Waals surface area contributed by atoms with Gasteiger partial charge in [0.15, 0.2) is 5.76 Å². The highest BCUT2D eigenvalue weighted by Crippen LogP contribution is 2.29. The van der Waals surface area contributed by atoms with Gasteiger partial charge >= 0.3 is 0 Å². The van der Waals surface area contributed by atoms with Crippen molar-refractivity contribution in [3.8, 4) is 11.5 Å². The maximum absolute atomic E-state index is 12.9. The maximum Gasteiger partial charge on any atom is 0.261 e. The zero-order valence-electron chi connectivity index (χ0n) is 14.1. The van der Waals surface area contributed by atoms with Crippen molar-refractivity contribution in [3.05, 3.63) is 47.9 Å². The van der Waals surface area contributed by atoms with E-state index < -0.39 is 0 Å². The lowest BCUT2D eigenvalue weighted by Gasteiger charge is -2.32. The molecule has 1 fully saturated rings. The number of furan rings is 1. The molecule has 3 rings (SSSR count). The van der Waals surface area contributed by atoms with Gasteiger partial charge in [-0.2, -0.15) is 0 Å². The number of hydrogen-bond acceptors (Lipinski definition) is 4. The van der Waals surface area contributed by atoms with Gasteiger partial charge in [-0.25, -0.2) is 0 Å². The molecule has 1 saturated heterocycles. The Morgan fingerprint density at radius 2 is 1.79 bits per heavy atom. The molecule has 128 valence electrons. The number of rotatable bonds is 5. The fourth-order valence-electron chi connectivity index (χ4n) is 3.08. The molecule has 0 saturated carbocycles. The van der Waals surface area contributed by atoms with Gasteiger partial charge in [0.1, 0.15) is 23.6 Å².